The standard InChI is InChI=1S/C25H17ClF2N2O2S/c26-17-7-12-21(13-8-17)33(31,32)25(22-16-18(27)9-14-23(22)28)24-6-3-5-20(30-24)11-10-19-4-1-2-15-29-19/h1-16,25H. The van der Waals surface area contributed by atoms with Crippen molar-refractivity contribution in [3.63, 3.8) is 0 Å². The summed E-state index contributed by atoms with van der Waals surface area (Å²) >= 11 is 5.90. The normalized spacial score (nSPS) is 12.7. The number of halogens is 3. The van der Waals surface area contributed by atoms with Gasteiger partial charge in [-0.3, -0.25) is 9.97 Å². The topological polar surface area (TPSA) is 59.9 Å². The molecule has 0 saturated carbocycles. The first-order valence-corrected chi connectivity index (χ1v) is 11.8. The molecule has 0 amide bonds. The Morgan fingerprint density at radius 1 is 0.848 bits per heavy atom. The highest BCUT2D eigenvalue weighted by molar-refractivity contribution is 7.91. The molecule has 0 saturated heterocycles. The summed E-state index contributed by atoms with van der Waals surface area (Å²) in [4.78, 5) is 8.54. The van der Waals surface area contributed by atoms with Crippen LogP contribution in [0, 0.1) is 11.6 Å². The van der Waals surface area contributed by atoms with E-state index in [0.29, 0.717) is 16.4 Å². The lowest BCUT2D eigenvalue weighted by Crippen LogP contribution is -2.18. The minimum absolute atomic E-state index is 0.0534. The van der Waals surface area contributed by atoms with E-state index in [1.165, 1.54) is 30.3 Å². The van der Waals surface area contributed by atoms with E-state index in [0.717, 1.165) is 18.2 Å². The third kappa shape index (κ3) is 5.16. The van der Waals surface area contributed by atoms with Gasteiger partial charge in [-0.15, -0.1) is 0 Å². The van der Waals surface area contributed by atoms with Gasteiger partial charge in [0.2, 0.25) is 0 Å². The summed E-state index contributed by atoms with van der Waals surface area (Å²) in [5, 5.41) is -1.22. The van der Waals surface area contributed by atoms with Crippen LogP contribution in [0.1, 0.15) is 27.9 Å². The molecule has 0 aliphatic carbocycles. The lowest BCUT2D eigenvalue weighted by Gasteiger charge is -2.19. The third-order valence-corrected chi connectivity index (χ3v) is 7.16. The Morgan fingerprint density at radius 2 is 1.58 bits per heavy atom. The van der Waals surface area contributed by atoms with E-state index in [-0.39, 0.29) is 16.2 Å². The molecule has 0 N–H and O–H groups in total. The van der Waals surface area contributed by atoms with Crippen LogP contribution in [0.25, 0.3) is 12.2 Å². The molecule has 0 aliphatic heterocycles. The maximum absolute atomic E-state index is 14.8. The van der Waals surface area contributed by atoms with Gasteiger partial charge in [-0.05, 0) is 78.9 Å². The fourth-order valence-corrected chi connectivity index (χ4v) is 5.19. The molecule has 2 heterocycles. The lowest BCUT2D eigenvalue weighted by molar-refractivity contribution is 0.568. The predicted octanol–water partition coefficient (Wildman–Crippen LogP) is 6.14. The van der Waals surface area contributed by atoms with Crippen LogP contribution in [0.5, 0.6) is 0 Å². The van der Waals surface area contributed by atoms with Crippen LogP contribution in [0.4, 0.5) is 8.78 Å². The molecule has 0 fully saturated rings. The smallest absolute Gasteiger partial charge is 0.191 e. The van der Waals surface area contributed by atoms with Crippen LogP contribution < -0.4 is 0 Å². The largest absolute Gasteiger partial charge is 0.257 e. The molecule has 0 aliphatic rings. The van der Waals surface area contributed by atoms with Crippen LogP contribution in [-0.2, 0) is 9.84 Å². The van der Waals surface area contributed by atoms with Gasteiger partial charge >= 0.3 is 0 Å². The summed E-state index contributed by atoms with van der Waals surface area (Å²) in [6.07, 6.45) is 5.03. The van der Waals surface area contributed by atoms with E-state index in [9.17, 15) is 17.2 Å². The van der Waals surface area contributed by atoms with Gasteiger partial charge < -0.3 is 0 Å². The number of nitrogens with zero attached hydrogens (tertiary/aromatic N) is 2. The van der Waals surface area contributed by atoms with Crippen molar-refractivity contribution in [3.05, 3.63) is 124 Å². The van der Waals surface area contributed by atoms with Crippen molar-refractivity contribution in [2.75, 3.05) is 0 Å². The molecule has 1 unspecified atom stereocenters. The maximum Gasteiger partial charge on any atom is 0.191 e. The summed E-state index contributed by atoms with van der Waals surface area (Å²) in [7, 11) is -4.21. The van der Waals surface area contributed by atoms with Crippen molar-refractivity contribution in [3.8, 4) is 0 Å². The van der Waals surface area contributed by atoms with E-state index < -0.39 is 26.7 Å². The van der Waals surface area contributed by atoms with Crippen molar-refractivity contribution < 1.29 is 17.2 Å². The van der Waals surface area contributed by atoms with E-state index in [1.54, 1.807) is 42.6 Å². The fraction of sp³-hybridized carbons (Fsp3) is 0.0400. The second kappa shape index (κ2) is 9.60. The fourth-order valence-electron chi connectivity index (χ4n) is 3.31. The predicted molar refractivity (Wildman–Crippen MR) is 124 cm³/mol. The SMILES string of the molecule is O=S(=O)(c1ccc(Cl)cc1)C(c1cccc(C=Cc2ccccn2)n1)c1cc(F)ccc1F. The summed E-state index contributed by atoms with van der Waals surface area (Å²) in [6.45, 7) is 0. The molecule has 2 aromatic carbocycles. The molecular weight excluding hydrogens is 466 g/mol. The number of rotatable bonds is 6. The quantitative estimate of drug-likeness (QED) is 0.331. The Bertz CT molecular complexity index is 1410. The number of hydrogen-bond donors (Lipinski definition) is 0. The average molecular weight is 483 g/mol. The first-order chi connectivity index (χ1) is 15.8. The zero-order valence-electron chi connectivity index (χ0n) is 17.1. The van der Waals surface area contributed by atoms with Crippen LogP contribution in [0.3, 0.4) is 0 Å². The van der Waals surface area contributed by atoms with E-state index in [4.69, 9.17) is 11.6 Å². The Balaban J connectivity index is 1.84. The molecule has 4 nitrogen and oxygen atoms in total. The van der Waals surface area contributed by atoms with Crippen LogP contribution in [0.15, 0.2) is 90.0 Å². The summed E-state index contributed by atoms with van der Waals surface area (Å²) in [5.41, 5.74) is 0.846. The average Bonchev–Trinajstić information content (AvgIpc) is 2.81. The zero-order valence-corrected chi connectivity index (χ0v) is 18.6. The van der Waals surface area contributed by atoms with Gasteiger partial charge in [0.25, 0.3) is 0 Å². The van der Waals surface area contributed by atoms with Crippen molar-refractivity contribution in [2.24, 2.45) is 0 Å². The van der Waals surface area contributed by atoms with Crippen LogP contribution >= 0.6 is 11.6 Å². The minimum atomic E-state index is -4.21. The van der Waals surface area contributed by atoms with Gasteiger partial charge in [0, 0.05) is 16.8 Å². The van der Waals surface area contributed by atoms with Crippen molar-refractivity contribution in [1.29, 1.82) is 0 Å². The second-order valence-corrected chi connectivity index (χ2v) is 9.59. The van der Waals surface area contributed by atoms with E-state index >= 15 is 0 Å². The molecule has 4 rings (SSSR count). The van der Waals surface area contributed by atoms with Crippen LogP contribution in [0.2, 0.25) is 5.02 Å². The van der Waals surface area contributed by atoms with Crippen molar-refractivity contribution in [2.45, 2.75) is 10.1 Å². The van der Waals surface area contributed by atoms with Gasteiger partial charge in [-0.25, -0.2) is 17.2 Å². The van der Waals surface area contributed by atoms with Crippen molar-refractivity contribution in [1.82, 2.24) is 9.97 Å². The minimum Gasteiger partial charge on any atom is -0.257 e. The molecule has 0 radical (unpaired) electrons. The summed E-state index contributed by atoms with van der Waals surface area (Å²) in [6, 6.07) is 18.4. The lowest BCUT2D eigenvalue weighted by atomic mass is 10.1. The summed E-state index contributed by atoms with van der Waals surface area (Å²) in [5.74, 6) is -1.61. The highest BCUT2D eigenvalue weighted by Crippen LogP contribution is 2.36. The van der Waals surface area contributed by atoms with E-state index in [1.807, 2.05) is 6.07 Å². The molecule has 4 aromatic rings. The first-order valence-electron chi connectivity index (χ1n) is 9.85. The Kier molecular flexibility index (Phi) is 6.62. The monoisotopic (exact) mass is 482 g/mol. The molecule has 33 heavy (non-hydrogen) atoms. The molecule has 166 valence electrons. The highest BCUT2D eigenvalue weighted by Gasteiger charge is 2.34. The van der Waals surface area contributed by atoms with Gasteiger partial charge in [0.1, 0.15) is 16.9 Å². The van der Waals surface area contributed by atoms with Gasteiger partial charge in [0.15, 0.2) is 9.84 Å². The maximum atomic E-state index is 14.8. The number of sulfone groups is 1. The first kappa shape index (κ1) is 22.8. The molecule has 1 atom stereocenters. The van der Waals surface area contributed by atoms with Crippen molar-refractivity contribution >= 4 is 33.6 Å². The number of aromatic nitrogens is 2. The molecule has 8 heteroatoms. The second-order valence-electron chi connectivity index (χ2n) is 7.12. The van der Waals surface area contributed by atoms with E-state index in [2.05, 4.69) is 9.97 Å². The summed E-state index contributed by atoms with van der Waals surface area (Å²) < 4.78 is 56.0. The molecular formula is C25H17ClF2N2O2S. The zero-order chi connectivity index (χ0) is 23.4. The number of hydrogen-bond acceptors (Lipinski definition) is 4. The number of pyridine rings is 2. The highest BCUT2D eigenvalue weighted by atomic mass is 35.5. The number of benzene rings is 2. The Morgan fingerprint density at radius 3 is 2.30 bits per heavy atom. The Hall–Kier alpha value is -3.42. The van der Waals surface area contributed by atoms with Gasteiger partial charge in [0.05, 0.1) is 22.0 Å². The molecule has 2 aromatic heterocycles. The molecule has 0 spiro atoms. The molecule has 0 bridgehead atoms. The van der Waals surface area contributed by atoms with Crippen LogP contribution in [-0.4, -0.2) is 18.4 Å². The third-order valence-electron chi connectivity index (χ3n) is 4.87. The Labute approximate surface area is 195 Å². The van der Waals surface area contributed by atoms with Gasteiger partial charge in [-0.1, -0.05) is 23.7 Å². The van der Waals surface area contributed by atoms with Gasteiger partial charge in [-0.2, -0.15) is 0 Å².